The lowest BCUT2D eigenvalue weighted by atomic mass is 9.74. The molecule has 0 aromatic carbocycles. The van der Waals surface area contributed by atoms with E-state index in [0.29, 0.717) is 18.9 Å². The summed E-state index contributed by atoms with van der Waals surface area (Å²) >= 11 is 0. The third-order valence-corrected chi connectivity index (χ3v) is 4.95. The monoisotopic (exact) mass is 282 g/mol. The van der Waals surface area contributed by atoms with Crippen molar-refractivity contribution in [2.45, 2.75) is 64.3 Å². The molecule has 1 unspecified atom stereocenters. The summed E-state index contributed by atoms with van der Waals surface area (Å²) in [6.45, 7) is 3.16. The van der Waals surface area contributed by atoms with Crippen molar-refractivity contribution in [3.63, 3.8) is 0 Å². The Bertz CT molecular complexity index is 364. The number of rotatable bonds is 4. The molecule has 5 heteroatoms. The lowest BCUT2D eigenvalue weighted by Gasteiger charge is -2.34. The molecule has 0 bridgehead atoms. The largest absolute Gasteiger partial charge is 0.481 e. The minimum atomic E-state index is -0.758. The maximum atomic E-state index is 12.2. The van der Waals surface area contributed by atoms with E-state index >= 15 is 0 Å². The first kappa shape index (κ1) is 15.1. The minimum absolute atomic E-state index is 0.0828. The third kappa shape index (κ3) is 3.07. The number of carboxylic acids is 1. The normalized spacial score (nSPS) is 25.4. The number of nitrogens with zero attached hydrogens (tertiary/aromatic N) is 1. The second-order valence-corrected chi connectivity index (χ2v) is 6.20. The highest BCUT2D eigenvalue weighted by Crippen LogP contribution is 2.36. The molecule has 1 saturated carbocycles. The summed E-state index contributed by atoms with van der Waals surface area (Å²) in [5.41, 5.74) is -0.741. The van der Waals surface area contributed by atoms with Gasteiger partial charge in [-0.25, -0.2) is 4.79 Å². The molecule has 2 amide bonds. The van der Waals surface area contributed by atoms with Crippen molar-refractivity contribution in [1.82, 2.24) is 10.2 Å². The Hall–Kier alpha value is -1.26. The predicted molar refractivity (Wildman–Crippen MR) is 76.6 cm³/mol. The zero-order valence-electron chi connectivity index (χ0n) is 12.4. The van der Waals surface area contributed by atoms with Gasteiger partial charge in [0.15, 0.2) is 0 Å². The molecule has 2 fully saturated rings. The Morgan fingerprint density at radius 1 is 1.25 bits per heavy atom. The zero-order chi connectivity index (χ0) is 14.6. The first-order valence-corrected chi connectivity index (χ1v) is 7.87. The van der Waals surface area contributed by atoms with Crippen LogP contribution in [-0.4, -0.2) is 41.1 Å². The number of carbonyl (C=O) groups is 2. The average Bonchev–Trinajstić information content (AvgIpc) is 2.94. The fourth-order valence-corrected chi connectivity index (χ4v) is 3.57. The molecule has 0 aromatic heterocycles. The van der Waals surface area contributed by atoms with Crippen LogP contribution in [0.3, 0.4) is 0 Å². The van der Waals surface area contributed by atoms with Crippen LogP contribution in [0.25, 0.3) is 0 Å². The molecule has 1 aliphatic carbocycles. The average molecular weight is 282 g/mol. The summed E-state index contributed by atoms with van der Waals surface area (Å²) in [6, 6.07) is 0.239. The van der Waals surface area contributed by atoms with Gasteiger partial charge in [-0.05, 0) is 32.1 Å². The molecule has 0 radical (unpaired) electrons. The van der Waals surface area contributed by atoms with Crippen LogP contribution in [0.4, 0.5) is 4.79 Å². The van der Waals surface area contributed by atoms with Crippen LogP contribution in [-0.2, 0) is 4.79 Å². The Morgan fingerprint density at radius 2 is 1.95 bits per heavy atom. The number of carboxylic acid groups (broad SMARTS) is 1. The second kappa shape index (κ2) is 6.46. The van der Waals surface area contributed by atoms with Gasteiger partial charge < -0.3 is 15.3 Å². The van der Waals surface area contributed by atoms with E-state index in [0.717, 1.165) is 45.1 Å². The summed E-state index contributed by atoms with van der Waals surface area (Å²) in [6.07, 6.45) is 7.45. The maximum Gasteiger partial charge on any atom is 0.317 e. The van der Waals surface area contributed by atoms with Gasteiger partial charge in [-0.2, -0.15) is 0 Å². The molecule has 1 saturated heterocycles. The number of nitrogens with one attached hydrogen (secondary N) is 1. The van der Waals surface area contributed by atoms with Gasteiger partial charge >= 0.3 is 12.0 Å². The number of hydrogen-bond donors (Lipinski definition) is 2. The van der Waals surface area contributed by atoms with Crippen LogP contribution in [0.2, 0.25) is 0 Å². The lowest BCUT2D eigenvalue weighted by Crippen LogP contribution is -2.49. The van der Waals surface area contributed by atoms with Crippen molar-refractivity contribution in [2.24, 2.45) is 5.41 Å². The summed E-state index contributed by atoms with van der Waals surface area (Å²) in [7, 11) is 0. The summed E-state index contributed by atoms with van der Waals surface area (Å²) in [4.78, 5) is 25.7. The molecule has 0 spiro atoms. The van der Waals surface area contributed by atoms with E-state index in [1.807, 2.05) is 4.90 Å². The van der Waals surface area contributed by atoms with Crippen LogP contribution >= 0.6 is 0 Å². The van der Waals surface area contributed by atoms with Gasteiger partial charge in [-0.1, -0.05) is 26.2 Å². The smallest absolute Gasteiger partial charge is 0.317 e. The van der Waals surface area contributed by atoms with E-state index in [1.165, 1.54) is 0 Å². The topological polar surface area (TPSA) is 69.6 Å². The Kier molecular flexibility index (Phi) is 4.89. The van der Waals surface area contributed by atoms with E-state index < -0.39 is 11.4 Å². The molecular formula is C15H26N2O3. The van der Waals surface area contributed by atoms with Crippen molar-refractivity contribution >= 4 is 12.0 Å². The number of hydrogen-bond acceptors (Lipinski definition) is 2. The Labute approximate surface area is 120 Å². The van der Waals surface area contributed by atoms with Gasteiger partial charge in [-0.3, -0.25) is 4.79 Å². The molecule has 1 heterocycles. The molecule has 1 aliphatic heterocycles. The van der Waals surface area contributed by atoms with E-state index in [1.54, 1.807) is 0 Å². The van der Waals surface area contributed by atoms with Gasteiger partial charge in [0.05, 0.1) is 5.41 Å². The number of urea groups is 1. The predicted octanol–water partition coefficient (Wildman–Crippen LogP) is 2.61. The van der Waals surface area contributed by atoms with E-state index in [-0.39, 0.29) is 12.6 Å². The highest BCUT2D eigenvalue weighted by molar-refractivity contribution is 5.78. The first-order valence-electron chi connectivity index (χ1n) is 7.87. The molecule has 2 N–H and O–H groups in total. The molecule has 114 valence electrons. The van der Waals surface area contributed by atoms with E-state index in [9.17, 15) is 14.7 Å². The van der Waals surface area contributed by atoms with Crippen molar-refractivity contribution < 1.29 is 14.7 Å². The summed E-state index contributed by atoms with van der Waals surface area (Å²) < 4.78 is 0. The number of amides is 2. The van der Waals surface area contributed by atoms with Gasteiger partial charge in [0.2, 0.25) is 0 Å². The number of carbonyl (C=O) groups excluding carboxylic acids is 1. The Morgan fingerprint density at radius 3 is 2.55 bits per heavy atom. The molecule has 5 nitrogen and oxygen atoms in total. The summed E-state index contributed by atoms with van der Waals surface area (Å²) in [5, 5.41) is 12.4. The SMILES string of the molecule is CCC1CCCN1C(=O)NCC1(C(=O)O)CCCCC1. The number of likely N-dealkylation sites (tertiary alicyclic amines) is 1. The van der Waals surface area contributed by atoms with Crippen LogP contribution < -0.4 is 5.32 Å². The van der Waals surface area contributed by atoms with E-state index in [4.69, 9.17) is 0 Å². The molecule has 20 heavy (non-hydrogen) atoms. The Balaban J connectivity index is 1.92. The van der Waals surface area contributed by atoms with Crippen molar-refractivity contribution in [2.75, 3.05) is 13.1 Å². The first-order chi connectivity index (χ1) is 9.59. The van der Waals surface area contributed by atoms with Crippen molar-refractivity contribution in [1.29, 1.82) is 0 Å². The van der Waals surface area contributed by atoms with E-state index in [2.05, 4.69) is 12.2 Å². The van der Waals surface area contributed by atoms with Crippen molar-refractivity contribution in [3.05, 3.63) is 0 Å². The van der Waals surface area contributed by atoms with Crippen molar-refractivity contribution in [3.8, 4) is 0 Å². The minimum Gasteiger partial charge on any atom is -0.481 e. The standard InChI is InChI=1S/C15H26N2O3/c1-2-12-7-6-10-17(12)14(20)16-11-15(13(18)19)8-4-3-5-9-15/h12H,2-11H2,1H3,(H,16,20)(H,18,19). The molecule has 0 aromatic rings. The fraction of sp³-hybridized carbons (Fsp3) is 0.867. The zero-order valence-corrected chi connectivity index (χ0v) is 12.4. The van der Waals surface area contributed by atoms with Crippen LogP contribution in [0.1, 0.15) is 58.3 Å². The quantitative estimate of drug-likeness (QED) is 0.832. The fourth-order valence-electron chi connectivity index (χ4n) is 3.57. The van der Waals surface area contributed by atoms with Gasteiger partial charge in [-0.15, -0.1) is 0 Å². The lowest BCUT2D eigenvalue weighted by molar-refractivity contribution is -0.150. The van der Waals surface area contributed by atoms with Gasteiger partial charge in [0, 0.05) is 19.1 Å². The molecule has 2 rings (SSSR count). The van der Waals surface area contributed by atoms with Crippen LogP contribution in [0.15, 0.2) is 0 Å². The third-order valence-electron chi connectivity index (χ3n) is 4.95. The highest BCUT2D eigenvalue weighted by Gasteiger charge is 2.40. The van der Waals surface area contributed by atoms with Gasteiger partial charge in [0.25, 0.3) is 0 Å². The number of aliphatic carboxylic acids is 1. The van der Waals surface area contributed by atoms with Gasteiger partial charge in [0.1, 0.15) is 0 Å². The summed E-state index contributed by atoms with van der Waals surface area (Å²) in [5.74, 6) is -0.758. The van der Waals surface area contributed by atoms with Crippen LogP contribution in [0.5, 0.6) is 0 Å². The maximum absolute atomic E-state index is 12.2. The second-order valence-electron chi connectivity index (χ2n) is 6.20. The van der Waals surface area contributed by atoms with Crippen LogP contribution in [0, 0.1) is 5.41 Å². The molecule has 2 aliphatic rings. The molecule has 1 atom stereocenters. The molecular weight excluding hydrogens is 256 g/mol. The highest BCUT2D eigenvalue weighted by atomic mass is 16.4.